The summed E-state index contributed by atoms with van der Waals surface area (Å²) >= 11 is 0. The molecule has 136 valence electrons. The van der Waals surface area contributed by atoms with Gasteiger partial charge in [0, 0.05) is 13.6 Å². The summed E-state index contributed by atoms with van der Waals surface area (Å²) in [5.74, 6) is -2.57. The van der Waals surface area contributed by atoms with E-state index in [4.69, 9.17) is 4.74 Å². The molecule has 26 heavy (non-hydrogen) atoms. The zero-order valence-electron chi connectivity index (χ0n) is 14.3. The quantitative estimate of drug-likeness (QED) is 0.766. The summed E-state index contributed by atoms with van der Waals surface area (Å²) in [7, 11) is 1.60. The molecule has 0 fully saturated rings. The van der Waals surface area contributed by atoms with Gasteiger partial charge < -0.3 is 15.0 Å². The van der Waals surface area contributed by atoms with Crippen LogP contribution in [0.15, 0.2) is 54.6 Å². The molecule has 0 aromatic heterocycles. The SMILES string of the molecule is CN(Cc1ccccc1)C(=O)COC(=O)CNC(=O)c1ccccc1F. The molecule has 0 radical (unpaired) electrons. The molecule has 0 unspecified atom stereocenters. The lowest BCUT2D eigenvalue weighted by molar-refractivity contribution is -0.150. The molecule has 0 saturated carbocycles. The van der Waals surface area contributed by atoms with Crippen LogP contribution in [0.2, 0.25) is 0 Å². The van der Waals surface area contributed by atoms with Crippen LogP contribution >= 0.6 is 0 Å². The number of benzene rings is 2. The second kappa shape index (κ2) is 9.31. The van der Waals surface area contributed by atoms with Crippen molar-refractivity contribution >= 4 is 17.8 Å². The first-order valence-electron chi connectivity index (χ1n) is 7.93. The van der Waals surface area contributed by atoms with Crippen LogP contribution in [0, 0.1) is 5.82 Å². The van der Waals surface area contributed by atoms with Crippen molar-refractivity contribution in [2.24, 2.45) is 0 Å². The minimum Gasteiger partial charge on any atom is -0.454 e. The largest absolute Gasteiger partial charge is 0.454 e. The molecule has 7 heteroatoms. The van der Waals surface area contributed by atoms with E-state index in [2.05, 4.69) is 5.32 Å². The van der Waals surface area contributed by atoms with E-state index in [1.807, 2.05) is 30.3 Å². The van der Waals surface area contributed by atoms with E-state index in [1.54, 1.807) is 7.05 Å². The molecule has 0 aliphatic carbocycles. The fraction of sp³-hybridized carbons (Fsp3) is 0.211. The van der Waals surface area contributed by atoms with Gasteiger partial charge in [0.25, 0.3) is 11.8 Å². The Hall–Kier alpha value is -3.22. The summed E-state index contributed by atoms with van der Waals surface area (Å²) < 4.78 is 18.3. The Bertz CT molecular complexity index is 780. The Morgan fingerprint density at radius 2 is 1.69 bits per heavy atom. The number of halogens is 1. The summed E-state index contributed by atoms with van der Waals surface area (Å²) in [5.41, 5.74) is 0.783. The first-order valence-corrected chi connectivity index (χ1v) is 7.93. The van der Waals surface area contributed by atoms with Gasteiger partial charge in [-0.25, -0.2) is 4.39 Å². The third kappa shape index (κ3) is 5.70. The number of esters is 1. The number of rotatable bonds is 7. The van der Waals surface area contributed by atoms with E-state index in [9.17, 15) is 18.8 Å². The molecule has 0 heterocycles. The monoisotopic (exact) mass is 358 g/mol. The number of amides is 2. The lowest BCUT2D eigenvalue weighted by Crippen LogP contribution is -2.34. The molecule has 0 bridgehead atoms. The van der Waals surface area contributed by atoms with E-state index in [-0.39, 0.29) is 11.5 Å². The van der Waals surface area contributed by atoms with E-state index in [1.165, 1.54) is 23.1 Å². The van der Waals surface area contributed by atoms with Gasteiger partial charge in [0.15, 0.2) is 6.61 Å². The lowest BCUT2D eigenvalue weighted by atomic mass is 10.2. The molecular weight excluding hydrogens is 339 g/mol. The van der Waals surface area contributed by atoms with Crippen LogP contribution in [-0.4, -0.2) is 42.9 Å². The minimum atomic E-state index is -0.781. The first kappa shape index (κ1) is 19.1. The molecule has 0 spiro atoms. The summed E-state index contributed by atoms with van der Waals surface area (Å²) in [6, 6.07) is 14.8. The number of nitrogens with zero attached hydrogens (tertiary/aromatic N) is 1. The molecule has 6 nitrogen and oxygen atoms in total. The number of carbonyl (C=O) groups is 3. The number of likely N-dealkylation sites (N-methyl/N-ethyl adjacent to an activating group) is 1. The van der Waals surface area contributed by atoms with E-state index < -0.39 is 30.8 Å². The maximum Gasteiger partial charge on any atom is 0.325 e. The first-order chi connectivity index (χ1) is 12.5. The van der Waals surface area contributed by atoms with Gasteiger partial charge in [0.2, 0.25) is 0 Å². The summed E-state index contributed by atoms with van der Waals surface area (Å²) in [5, 5.41) is 2.25. The standard InChI is InChI=1S/C19H19FN2O4/c1-22(12-14-7-3-2-4-8-14)17(23)13-26-18(24)11-21-19(25)15-9-5-6-10-16(15)20/h2-10H,11-13H2,1H3,(H,21,25). The van der Waals surface area contributed by atoms with Crippen molar-refractivity contribution in [3.63, 3.8) is 0 Å². The minimum absolute atomic E-state index is 0.168. The Morgan fingerprint density at radius 1 is 1.04 bits per heavy atom. The number of hydrogen-bond donors (Lipinski definition) is 1. The van der Waals surface area contributed by atoms with Crippen molar-refractivity contribution in [2.75, 3.05) is 20.2 Å². The Kier molecular flexibility index (Phi) is 6.84. The fourth-order valence-corrected chi connectivity index (χ4v) is 2.14. The molecule has 0 aliphatic heterocycles. The average Bonchev–Trinajstić information content (AvgIpc) is 2.65. The lowest BCUT2D eigenvalue weighted by Gasteiger charge is -2.17. The van der Waals surface area contributed by atoms with Crippen molar-refractivity contribution in [2.45, 2.75) is 6.54 Å². The number of hydrogen-bond acceptors (Lipinski definition) is 4. The van der Waals surface area contributed by atoms with Crippen molar-refractivity contribution in [1.29, 1.82) is 0 Å². The van der Waals surface area contributed by atoms with Crippen LogP contribution in [0.4, 0.5) is 4.39 Å². The molecular formula is C19H19FN2O4. The van der Waals surface area contributed by atoms with Gasteiger partial charge in [-0.2, -0.15) is 0 Å². The van der Waals surface area contributed by atoms with Crippen LogP contribution in [0.25, 0.3) is 0 Å². The van der Waals surface area contributed by atoms with Gasteiger partial charge in [-0.1, -0.05) is 42.5 Å². The summed E-state index contributed by atoms with van der Waals surface area (Å²) in [4.78, 5) is 36.8. The average molecular weight is 358 g/mol. The smallest absolute Gasteiger partial charge is 0.325 e. The van der Waals surface area contributed by atoms with Crippen molar-refractivity contribution < 1.29 is 23.5 Å². The van der Waals surface area contributed by atoms with Crippen LogP contribution in [0.5, 0.6) is 0 Å². The van der Waals surface area contributed by atoms with Gasteiger partial charge in [0.1, 0.15) is 12.4 Å². The Labute approximate surface area is 150 Å². The van der Waals surface area contributed by atoms with Gasteiger partial charge in [0.05, 0.1) is 5.56 Å². The topological polar surface area (TPSA) is 75.7 Å². The van der Waals surface area contributed by atoms with Crippen LogP contribution in [0.1, 0.15) is 15.9 Å². The van der Waals surface area contributed by atoms with Crippen molar-refractivity contribution in [3.8, 4) is 0 Å². The second-order valence-corrected chi connectivity index (χ2v) is 5.56. The molecule has 2 rings (SSSR count). The number of carbonyl (C=O) groups excluding carboxylic acids is 3. The molecule has 1 N–H and O–H groups in total. The van der Waals surface area contributed by atoms with Crippen LogP contribution < -0.4 is 5.32 Å². The predicted molar refractivity (Wildman–Crippen MR) is 92.6 cm³/mol. The molecule has 0 atom stereocenters. The fourth-order valence-electron chi connectivity index (χ4n) is 2.14. The van der Waals surface area contributed by atoms with Gasteiger partial charge in [-0.05, 0) is 17.7 Å². The van der Waals surface area contributed by atoms with Gasteiger partial charge in [-0.3, -0.25) is 14.4 Å². The van der Waals surface area contributed by atoms with E-state index >= 15 is 0 Å². The highest BCUT2D eigenvalue weighted by molar-refractivity contribution is 5.96. The van der Waals surface area contributed by atoms with Crippen LogP contribution in [0.3, 0.4) is 0 Å². The summed E-state index contributed by atoms with van der Waals surface area (Å²) in [6.45, 7) is -0.498. The molecule has 2 aromatic rings. The van der Waals surface area contributed by atoms with E-state index in [0.29, 0.717) is 6.54 Å². The Morgan fingerprint density at radius 3 is 2.38 bits per heavy atom. The zero-order chi connectivity index (χ0) is 18.9. The molecule has 2 amide bonds. The number of ether oxygens (including phenoxy) is 1. The molecule has 0 saturated heterocycles. The highest BCUT2D eigenvalue weighted by Gasteiger charge is 2.15. The predicted octanol–water partition coefficient (Wildman–Crippen LogP) is 1.76. The Balaban J connectivity index is 1.73. The third-order valence-electron chi connectivity index (χ3n) is 3.56. The number of nitrogens with one attached hydrogen (secondary N) is 1. The summed E-state index contributed by atoms with van der Waals surface area (Å²) in [6.07, 6.45) is 0. The van der Waals surface area contributed by atoms with Crippen molar-refractivity contribution in [3.05, 3.63) is 71.5 Å². The van der Waals surface area contributed by atoms with Crippen LogP contribution in [-0.2, 0) is 20.9 Å². The van der Waals surface area contributed by atoms with E-state index in [0.717, 1.165) is 11.6 Å². The zero-order valence-corrected chi connectivity index (χ0v) is 14.3. The van der Waals surface area contributed by atoms with Crippen molar-refractivity contribution in [1.82, 2.24) is 10.2 Å². The maximum atomic E-state index is 13.5. The van der Waals surface area contributed by atoms with Gasteiger partial charge >= 0.3 is 5.97 Å². The normalized spacial score (nSPS) is 10.1. The maximum absolute atomic E-state index is 13.5. The molecule has 2 aromatic carbocycles. The highest BCUT2D eigenvalue weighted by atomic mass is 19.1. The highest BCUT2D eigenvalue weighted by Crippen LogP contribution is 2.06. The third-order valence-corrected chi connectivity index (χ3v) is 3.56. The van der Waals surface area contributed by atoms with Gasteiger partial charge in [-0.15, -0.1) is 0 Å². The second-order valence-electron chi connectivity index (χ2n) is 5.56. The molecule has 0 aliphatic rings.